The summed E-state index contributed by atoms with van der Waals surface area (Å²) in [5, 5.41) is 0. The summed E-state index contributed by atoms with van der Waals surface area (Å²) in [7, 11) is 0. The molecule has 0 amide bonds. The van der Waals surface area contributed by atoms with E-state index in [-0.39, 0.29) is 0 Å². The average Bonchev–Trinajstić information content (AvgIpc) is 2.38. The van der Waals surface area contributed by atoms with E-state index in [9.17, 15) is 4.79 Å². The zero-order valence-corrected chi connectivity index (χ0v) is 11.4. The minimum absolute atomic E-state index is 0.396. The lowest BCUT2D eigenvalue weighted by atomic mass is 9.64. The molecule has 0 spiro atoms. The molecule has 0 radical (unpaired) electrons. The molecule has 2 unspecified atom stereocenters. The Balaban J connectivity index is 1.75. The highest BCUT2D eigenvalue weighted by Crippen LogP contribution is 2.45. The van der Waals surface area contributed by atoms with Gasteiger partial charge in [-0.2, -0.15) is 0 Å². The smallest absolute Gasteiger partial charge is 0.123 e. The number of aldehydes is 1. The van der Waals surface area contributed by atoms with Crippen molar-refractivity contribution in [2.45, 2.75) is 71.1 Å². The molecule has 1 nitrogen and oxygen atoms in total. The van der Waals surface area contributed by atoms with Crippen molar-refractivity contribution in [3.05, 3.63) is 0 Å². The molecule has 2 saturated carbocycles. The lowest BCUT2D eigenvalue weighted by molar-refractivity contribution is -0.113. The number of carbonyl (C=O) groups is 1. The highest BCUT2D eigenvalue weighted by atomic mass is 16.1. The van der Waals surface area contributed by atoms with Crippen LogP contribution < -0.4 is 0 Å². The number of hydrogen-bond donors (Lipinski definition) is 0. The Hall–Kier alpha value is -0.330. The van der Waals surface area contributed by atoms with Crippen LogP contribution in [0, 0.1) is 23.7 Å². The Morgan fingerprint density at radius 1 is 1.00 bits per heavy atom. The zero-order valence-electron chi connectivity index (χ0n) is 11.4. The van der Waals surface area contributed by atoms with Crippen LogP contribution >= 0.6 is 0 Å². The molecular weight excluding hydrogens is 208 g/mol. The zero-order chi connectivity index (χ0) is 12.1. The molecule has 0 aromatic heterocycles. The van der Waals surface area contributed by atoms with Crippen LogP contribution in [0.15, 0.2) is 0 Å². The molecule has 17 heavy (non-hydrogen) atoms. The number of rotatable bonds is 5. The highest BCUT2D eigenvalue weighted by molar-refractivity contribution is 5.53. The predicted octanol–water partition coefficient (Wildman–Crippen LogP) is 4.60. The van der Waals surface area contributed by atoms with E-state index in [2.05, 4.69) is 6.92 Å². The second-order valence-electron chi connectivity index (χ2n) is 6.40. The summed E-state index contributed by atoms with van der Waals surface area (Å²) >= 11 is 0. The molecule has 0 aromatic carbocycles. The molecule has 2 fully saturated rings. The summed E-state index contributed by atoms with van der Waals surface area (Å²) in [6.45, 7) is 2.29. The third-order valence-corrected chi connectivity index (χ3v) is 5.17. The Kier molecular flexibility index (Phi) is 5.06. The first kappa shape index (κ1) is 13.1. The first-order chi connectivity index (χ1) is 8.33. The van der Waals surface area contributed by atoms with Crippen molar-refractivity contribution in [1.82, 2.24) is 0 Å². The standard InChI is InChI=1S/C16H28O/c1-2-3-4-5-13-6-8-16-11-14(12-17)7-9-15(16)10-13/h12-16H,2-11H2,1H3/t13?,14-,15-,16?/m1/s1. The maximum absolute atomic E-state index is 10.9. The molecule has 98 valence electrons. The summed E-state index contributed by atoms with van der Waals surface area (Å²) in [6, 6.07) is 0. The van der Waals surface area contributed by atoms with Gasteiger partial charge in [-0.1, -0.05) is 39.0 Å². The van der Waals surface area contributed by atoms with E-state index in [0.29, 0.717) is 5.92 Å². The molecule has 0 aliphatic heterocycles. The van der Waals surface area contributed by atoms with Crippen molar-refractivity contribution in [3.8, 4) is 0 Å². The van der Waals surface area contributed by atoms with Crippen molar-refractivity contribution in [3.63, 3.8) is 0 Å². The van der Waals surface area contributed by atoms with Crippen molar-refractivity contribution < 1.29 is 4.79 Å². The fraction of sp³-hybridized carbons (Fsp3) is 0.938. The minimum atomic E-state index is 0.396. The first-order valence-corrected chi connectivity index (χ1v) is 7.78. The van der Waals surface area contributed by atoms with Gasteiger partial charge in [0.15, 0.2) is 0 Å². The molecule has 0 aromatic rings. The van der Waals surface area contributed by atoms with E-state index in [1.165, 1.54) is 70.5 Å². The maximum Gasteiger partial charge on any atom is 0.123 e. The van der Waals surface area contributed by atoms with Gasteiger partial charge in [0.25, 0.3) is 0 Å². The summed E-state index contributed by atoms with van der Waals surface area (Å²) < 4.78 is 0. The Morgan fingerprint density at radius 3 is 2.53 bits per heavy atom. The van der Waals surface area contributed by atoms with Crippen molar-refractivity contribution >= 4 is 6.29 Å². The lowest BCUT2D eigenvalue weighted by Gasteiger charge is -2.41. The van der Waals surface area contributed by atoms with Gasteiger partial charge in [0.2, 0.25) is 0 Å². The van der Waals surface area contributed by atoms with E-state index < -0.39 is 0 Å². The van der Waals surface area contributed by atoms with E-state index >= 15 is 0 Å². The first-order valence-electron chi connectivity index (χ1n) is 7.78. The molecule has 0 N–H and O–H groups in total. The van der Waals surface area contributed by atoms with Crippen LogP contribution in [0.1, 0.15) is 71.1 Å². The Bertz CT molecular complexity index is 236. The van der Waals surface area contributed by atoms with Gasteiger partial charge in [0, 0.05) is 5.92 Å². The van der Waals surface area contributed by atoms with Gasteiger partial charge < -0.3 is 4.79 Å². The summed E-state index contributed by atoms with van der Waals surface area (Å²) in [6.07, 6.45) is 14.9. The van der Waals surface area contributed by atoms with Gasteiger partial charge in [0.1, 0.15) is 6.29 Å². The molecule has 1 heteroatoms. The number of unbranched alkanes of at least 4 members (excludes halogenated alkanes) is 2. The molecule has 0 heterocycles. The molecule has 2 aliphatic carbocycles. The second-order valence-corrected chi connectivity index (χ2v) is 6.40. The van der Waals surface area contributed by atoms with Gasteiger partial charge in [-0.15, -0.1) is 0 Å². The normalized spacial score (nSPS) is 37.5. The van der Waals surface area contributed by atoms with Gasteiger partial charge in [-0.3, -0.25) is 0 Å². The van der Waals surface area contributed by atoms with E-state index in [1.54, 1.807) is 0 Å². The van der Waals surface area contributed by atoms with Crippen LogP contribution in [-0.4, -0.2) is 6.29 Å². The van der Waals surface area contributed by atoms with Crippen LogP contribution in [0.5, 0.6) is 0 Å². The summed E-state index contributed by atoms with van der Waals surface area (Å²) in [5.74, 6) is 3.26. The van der Waals surface area contributed by atoms with Crippen LogP contribution in [0.2, 0.25) is 0 Å². The molecule has 0 bridgehead atoms. The third kappa shape index (κ3) is 3.56. The van der Waals surface area contributed by atoms with E-state index in [4.69, 9.17) is 0 Å². The highest BCUT2D eigenvalue weighted by Gasteiger charge is 2.34. The monoisotopic (exact) mass is 236 g/mol. The number of carbonyl (C=O) groups excluding carboxylic acids is 1. The number of fused-ring (bicyclic) bond motifs is 1. The molecular formula is C16H28O. The second kappa shape index (κ2) is 6.56. The SMILES string of the molecule is CCCCCC1CCC2C[C@H](C=O)CC[C@@H]2C1. The Labute approximate surface area is 106 Å². The van der Waals surface area contributed by atoms with Gasteiger partial charge in [0.05, 0.1) is 0 Å². The number of hydrogen-bond acceptors (Lipinski definition) is 1. The Morgan fingerprint density at radius 2 is 1.76 bits per heavy atom. The lowest BCUT2D eigenvalue weighted by Crippen LogP contribution is -2.31. The average molecular weight is 236 g/mol. The van der Waals surface area contributed by atoms with Gasteiger partial charge in [-0.25, -0.2) is 0 Å². The molecule has 2 rings (SSSR count). The van der Waals surface area contributed by atoms with E-state index in [0.717, 1.165) is 17.8 Å². The third-order valence-electron chi connectivity index (χ3n) is 5.17. The summed E-state index contributed by atoms with van der Waals surface area (Å²) in [5.41, 5.74) is 0. The topological polar surface area (TPSA) is 17.1 Å². The minimum Gasteiger partial charge on any atom is -0.303 e. The molecule has 2 aliphatic rings. The van der Waals surface area contributed by atoms with Crippen LogP contribution in [0.25, 0.3) is 0 Å². The van der Waals surface area contributed by atoms with Crippen molar-refractivity contribution in [1.29, 1.82) is 0 Å². The van der Waals surface area contributed by atoms with Crippen LogP contribution in [-0.2, 0) is 4.79 Å². The van der Waals surface area contributed by atoms with Crippen molar-refractivity contribution in [2.75, 3.05) is 0 Å². The van der Waals surface area contributed by atoms with Crippen LogP contribution in [0.4, 0.5) is 0 Å². The quantitative estimate of drug-likeness (QED) is 0.503. The molecule has 4 atom stereocenters. The maximum atomic E-state index is 10.9. The van der Waals surface area contributed by atoms with Gasteiger partial charge >= 0.3 is 0 Å². The fourth-order valence-corrected chi connectivity index (χ4v) is 4.09. The molecule has 0 saturated heterocycles. The van der Waals surface area contributed by atoms with Gasteiger partial charge in [-0.05, 0) is 49.9 Å². The predicted molar refractivity (Wildman–Crippen MR) is 71.9 cm³/mol. The van der Waals surface area contributed by atoms with Crippen LogP contribution in [0.3, 0.4) is 0 Å². The summed E-state index contributed by atoms with van der Waals surface area (Å²) in [4.78, 5) is 10.9. The van der Waals surface area contributed by atoms with E-state index in [1.807, 2.05) is 0 Å². The largest absolute Gasteiger partial charge is 0.303 e. The fourth-order valence-electron chi connectivity index (χ4n) is 4.09. The van der Waals surface area contributed by atoms with Crippen molar-refractivity contribution in [2.24, 2.45) is 23.7 Å².